The van der Waals surface area contributed by atoms with Gasteiger partial charge in [-0.05, 0) is 32.4 Å². The summed E-state index contributed by atoms with van der Waals surface area (Å²) in [4.78, 5) is 19.0. The van der Waals surface area contributed by atoms with Crippen LogP contribution in [0.25, 0.3) is 0 Å². The van der Waals surface area contributed by atoms with Crippen molar-refractivity contribution in [3.05, 3.63) is 23.9 Å². The molecule has 0 atom stereocenters. The van der Waals surface area contributed by atoms with E-state index in [1.807, 2.05) is 28.8 Å². The van der Waals surface area contributed by atoms with Crippen molar-refractivity contribution in [2.75, 3.05) is 30.7 Å². The molecule has 1 aromatic rings. The Hall–Kier alpha value is -1.23. The van der Waals surface area contributed by atoms with E-state index >= 15 is 0 Å². The Kier molecular flexibility index (Phi) is 4.91. The summed E-state index contributed by atoms with van der Waals surface area (Å²) in [6, 6.07) is 3.69. The molecule has 110 valence electrons. The van der Waals surface area contributed by atoms with Gasteiger partial charge in [0, 0.05) is 36.3 Å². The molecule has 2 heterocycles. The van der Waals surface area contributed by atoms with Crippen molar-refractivity contribution in [3.63, 3.8) is 0 Å². The minimum Gasteiger partial charge on any atom is -0.369 e. The molecule has 0 spiro atoms. The van der Waals surface area contributed by atoms with Crippen molar-refractivity contribution in [1.82, 2.24) is 9.88 Å². The van der Waals surface area contributed by atoms with E-state index in [2.05, 4.69) is 31.1 Å². The summed E-state index contributed by atoms with van der Waals surface area (Å²) in [5, 5.41) is 3.24. The van der Waals surface area contributed by atoms with Crippen molar-refractivity contribution in [3.8, 4) is 0 Å². The summed E-state index contributed by atoms with van der Waals surface area (Å²) < 4.78 is 0.132. The first-order valence-corrected chi connectivity index (χ1v) is 8.14. The first-order chi connectivity index (χ1) is 9.53. The maximum absolute atomic E-state index is 12.7. The number of hydrogen-bond acceptors (Lipinski definition) is 4. The Morgan fingerprint density at radius 3 is 3.05 bits per heavy atom. The van der Waals surface area contributed by atoms with Crippen LogP contribution in [0.3, 0.4) is 0 Å². The van der Waals surface area contributed by atoms with Gasteiger partial charge >= 0.3 is 0 Å². The van der Waals surface area contributed by atoms with Gasteiger partial charge in [0.1, 0.15) is 5.82 Å². The molecule has 1 fully saturated rings. The highest BCUT2D eigenvalue weighted by molar-refractivity contribution is 8.00. The predicted octanol–water partition coefficient (Wildman–Crippen LogP) is 2.87. The molecule has 1 aliphatic heterocycles. The maximum atomic E-state index is 12.7. The van der Waals surface area contributed by atoms with Crippen molar-refractivity contribution < 1.29 is 4.79 Å². The number of hydrogen-bond donors (Lipinski definition) is 1. The Labute approximate surface area is 125 Å². The van der Waals surface area contributed by atoms with E-state index in [9.17, 15) is 4.79 Å². The molecule has 20 heavy (non-hydrogen) atoms. The van der Waals surface area contributed by atoms with Crippen LogP contribution in [0.5, 0.6) is 0 Å². The second kappa shape index (κ2) is 6.48. The number of nitrogens with one attached hydrogen (secondary N) is 1. The molecule has 1 N–H and O–H groups in total. The fraction of sp³-hybridized carbons (Fsp3) is 0.600. The molecule has 0 unspecified atom stereocenters. The van der Waals surface area contributed by atoms with E-state index in [0.29, 0.717) is 11.4 Å². The first-order valence-electron chi connectivity index (χ1n) is 7.15. The molecule has 1 saturated heterocycles. The molecule has 1 amide bonds. The lowest BCUT2D eigenvalue weighted by Crippen LogP contribution is -2.46. The predicted molar refractivity (Wildman–Crippen MR) is 85.5 cm³/mol. The van der Waals surface area contributed by atoms with Gasteiger partial charge in [-0.1, -0.05) is 6.92 Å². The first kappa shape index (κ1) is 15.2. The Bertz CT molecular complexity index is 476. The highest BCUT2D eigenvalue weighted by Gasteiger charge is 2.31. The van der Waals surface area contributed by atoms with Gasteiger partial charge in [-0.25, -0.2) is 4.98 Å². The number of pyridine rings is 1. The van der Waals surface area contributed by atoms with Gasteiger partial charge in [0.05, 0.1) is 5.56 Å². The van der Waals surface area contributed by atoms with E-state index < -0.39 is 0 Å². The average Bonchev–Trinajstić information content (AvgIpc) is 2.43. The Balaban J connectivity index is 2.16. The van der Waals surface area contributed by atoms with Crippen LogP contribution in [0.1, 0.15) is 37.6 Å². The molecule has 0 radical (unpaired) electrons. The molecular formula is C15H23N3OS. The van der Waals surface area contributed by atoms with Gasteiger partial charge in [0.2, 0.25) is 0 Å². The number of carbonyl (C=O) groups is 1. The minimum absolute atomic E-state index is 0.0880. The summed E-state index contributed by atoms with van der Waals surface area (Å²) >= 11 is 1.93. The molecule has 5 heteroatoms. The number of aromatic nitrogens is 1. The fourth-order valence-electron chi connectivity index (χ4n) is 2.32. The van der Waals surface area contributed by atoms with E-state index in [1.54, 1.807) is 6.20 Å². The van der Waals surface area contributed by atoms with Crippen molar-refractivity contribution >= 4 is 23.5 Å². The zero-order valence-corrected chi connectivity index (χ0v) is 13.3. The van der Waals surface area contributed by atoms with E-state index in [1.165, 1.54) is 0 Å². The highest BCUT2D eigenvalue weighted by atomic mass is 32.2. The van der Waals surface area contributed by atoms with Crippen molar-refractivity contribution in [2.24, 2.45) is 0 Å². The lowest BCUT2D eigenvalue weighted by atomic mass is 10.1. The highest BCUT2D eigenvalue weighted by Crippen LogP contribution is 2.30. The van der Waals surface area contributed by atoms with Crippen LogP contribution in [0.4, 0.5) is 5.82 Å². The number of anilines is 1. The van der Waals surface area contributed by atoms with Crippen LogP contribution in [0, 0.1) is 0 Å². The number of thioether (sulfide) groups is 1. The molecule has 0 aliphatic carbocycles. The summed E-state index contributed by atoms with van der Waals surface area (Å²) in [7, 11) is 0. The van der Waals surface area contributed by atoms with Gasteiger partial charge in [-0.3, -0.25) is 4.79 Å². The van der Waals surface area contributed by atoms with Crippen LogP contribution in [-0.4, -0.2) is 45.9 Å². The molecule has 4 nitrogen and oxygen atoms in total. The topological polar surface area (TPSA) is 45.2 Å². The second-order valence-electron chi connectivity index (χ2n) is 5.66. The Morgan fingerprint density at radius 1 is 1.55 bits per heavy atom. The van der Waals surface area contributed by atoms with E-state index in [4.69, 9.17) is 0 Å². The van der Waals surface area contributed by atoms with Crippen LogP contribution < -0.4 is 5.32 Å². The van der Waals surface area contributed by atoms with Gasteiger partial charge in [-0.2, -0.15) is 11.8 Å². The van der Waals surface area contributed by atoms with Gasteiger partial charge in [0.25, 0.3) is 5.91 Å². The SMILES string of the molecule is CCCNc1ncccc1C(=O)N1CCSC(C)(C)C1. The zero-order chi connectivity index (χ0) is 14.6. The lowest BCUT2D eigenvalue weighted by molar-refractivity contribution is 0.0748. The standard InChI is InChI=1S/C15H23N3OS/c1-4-7-16-13-12(6-5-8-17-13)14(19)18-9-10-20-15(2,3)11-18/h5-6,8H,4,7,9-11H2,1-3H3,(H,16,17). The summed E-state index contributed by atoms with van der Waals surface area (Å²) in [5.74, 6) is 1.79. The molecular weight excluding hydrogens is 270 g/mol. The lowest BCUT2D eigenvalue weighted by Gasteiger charge is -2.37. The summed E-state index contributed by atoms with van der Waals surface area (Å²) in [6.45, 7) is 8.92. The Morgan fingerprint density at radius 2 is 2.35 bits per heavy atom. The normalized spacial score (nSPS) is 17.9. The quantitative estimate of drug-likeness (QED) is 0.927. The maximum Gasteiger partial charge on any atom is 0.257 e. The fourth-order valence-corrected chi connectivity index (χ4v) is 3.43. The largest absolute Gasteiger partial charge is 0.369 e. The average molecular weight is 293 g/mol. The zero-order valence-electron chi connectivity index (χ0n) is 12.5. The second-order valence-corrected chi connectivity index (χ2v) is 7.46. The van der Waals surface area contributed by atoms with Crippen LogP contribution in [-0.2, 0) is 0 Å². The van der Waals surface area contributed by atoms with Gasteiger partial charge in [0.15, 0.2) is 0 Å². The summed E-state index contributed by atoms with van der Waals surface area (Å²) in [5.41, 5.74) is 0.684. The van der Waals surface area contributed by atoms with E-state index in [-0.39, 0.29) is 10.7 Å². The number of nitrogens with zero attached hydrogens (tertiary/aromatic N) is 2. The third-order valence-electron chi connectivity index (χ3n) is 3.29. The smallest absolute Gasteiger partial charge is 0.257 e. The third-order valence-corrected chi connectivity index (χ3v) is 4.59. The molecule has 2 rings (SSSR count). The summed E-state index contributed by atoms with van der Waals surface area (Å²) in [6.07, 6.45) is 2.74. The number of amides is 1. The van der Waals surface area contributed by atoms with Crippen molar-refractivity contribution in [1.29, 1.82) is 0 Å². The number of carbonyl (C=O) groups excluding carboxylic acids is 1. The van der Waals surface area contributed by atoms with Gasteiger partial charge in [-0.15, -0.1) is 0 Å². The molecule has 0 bridgehead atoms. The molecule has 0 aromatic carbocycles. The van der Waals surface area contributed by atoms with E-state index in [0.717, 1.165) is 31.8 Å². The van der Waals surface area contributed by atoms with Crippen LogP contribution in [0.15, 0.2) is 18.3 Å². The molecule has 1 aromatic heterocycles. The van der Waals surface area contributed by atoms with Gasteiger partial charge < -0.3 is 10.2 Å². The molecule has 1 aliphatic rings. The third kappa shape index (κ3) is 3.66. The molecule has 0 saturated carbocycles. The van der Waals surface area contributed by atoms with Crippen LogP contribution >= 0.6 is 11.8 Å². The van der Waals surface area contributed by atoms with Crippen LogP contribution in [0.2, 0.25) is 0 Å². The monoisotopic (exact) mass is 293 g/mol. The number of rotatable bonds is 4. The van der Waals surface area contributed by atoms with Crippen molar-refractivity contribution in [2.45, 2.75) is 31.9 Å². The minimum atomic E-state index is 0.0880.